The smallest absolute Gasteiger partial charge is 0.260 e. The number of benzene rings is 1. The van der Waals surface area contributed by atoms with Crippen LogP contribution in [-0.2, 0) is 4.79 Å². The number of rotatable bonds is 9. The van der Waals surface area contributed by atoms with Gasteiger partial charge in [0.25, 0.3) is 5.91 Å². The van der Waals surface area contributed by atoms with Gasteiger partial charge in [0.15, 0.2) is 6.10 Å². The van der Waals surface area contributed by atoms with Gasteiger partial charge < -0.3 is 10.1 Å². The monoisotopic (exact) mass is 325 g/mol. The molecule has 0 aliphatic rings. The van der Waals surface area contributed by atoms with Gasteiger partial charge in [-0.1, -0.05) is 44.7 Å². The second-order valence-corrected chi connectivity index (χ2v) is 6.27. The minimum atomic E-state index is -0.511. The molecule has 1 rings (SSSR count). The van der Waals surface area contributed by atoms with Crippen molar-refractivity contribution in [3.63, 3.8) is 0 Å². The Hall–Kier alpha value is -1.22. The highest BCUT2D eigenvalue weighted by atomic mass is 35.5. The largest absolute Gasteiger partial charge is 0.481 e. The number of ether oxygens (including phenoxy) is 1. The molecule has 0 spiro atoms. The molecule has 0 aliphatic carbocycles. The lowest BCUT2D eigenvalue weighted by Gasteiger charge is -2.19. The minimum absolute atomic E-state index is 0.0655. The lowest BCUT2D eigenvalue weighted by Crippen LogP contribution is -2.38. The van der Waals surface area contributed by atoms with Crippen LogP contribution in [-0.4, -0.2) is 18.6 Å². The van der Waals surface area contributed by atoms with Crippen LogP contribution in [0.5, 0.6) is 5.75 Å². The van der Waals surface area contributed by atoms with Gasteiger partial charge in [-0.15, -0.1) is 0 Å². The third-order valence-corrected chi connectivity index (χ3v) is 4.15. The molecule has 4 heteroatoms. The van der Waals surface area contributed by atoms with Crippen LogP contribution < -0.4 is 10.1 Å². The van der Waals surface area contributed by atoms with Gasteiger partial charge in [-0.2, -0.15) is 0 Å². The quantitative estimate of drug-likeness (QED) is 0.711. The van der Waals surface area contributed by atoms with E-state index in [2.05, 4.69) is 19.2 Å². The molecule has 1 amide bonds. The summed E-state index contributed by atoms with van der Waals surface area (Å²) in [5.74, 6) is 1.18. The number of hydrogen-bond acceptors (Lipinski definition) is 2. The predicted octanol–water partition coefficient (Wildman–Crippen LogP) is 4.75. The Kier molecular flexibility index (Phi) is 8.32. The van der Waals surface area contributed by atoms with Crippen LogP contribution in [0.2, 0.25) is 5.02 Å². The average molecular weight is 326 g/mol. The molecule has 1 N–H and O–H groups in total. The van der Waals surface area contributed by atoms with Crippen LogP contribution in [0.15, 0.2) is 18.2 Å². The fourth-order valence-corrected chi connectivity index (χ4v) is 2.55. The van der Waals surface area contributed by atoms with E-state index >= 15 is 0 Å². The van der Waals surface area contributed by atoms with Crippen LogP contribution in [0.4, 0.5) is 0 Å². The van der Waals surface area contributed by atoms with Crippen molar-refractivity contribution < 1.29 is 9.53 Å². The Morgan fingerprint density at radius 3 is 2.68 bits per heavy atom. The lowest BCUT2D eigenvalue weighted by atomic mass is 9.99. The van der Waals surface area contributed by atoms with Gasteiger partial charge in [0.05, 0.1) is 0 Å². The summed E-state index contributed by atoms with van der Waals surface area (Å²) in [4.78, 5) is 12.2. The first kappa shape index (κ1) is 18.8. The summed E-state index contributed by atoms with van der Waals surface area (Å²) >= 11 is 5.92. The molecule has 0 aromatic heterocycles. The van der Waals surface area contributed by atoms with E-state index in [0.29, 0.717) is 16.7 Å². The Balaban J connectivity index is 2.47. The molecule has 0 fully saturated rings. The lowest BCUT2D eigenvalue weighted by molar-refractivity contribution is -0.127. The molecule has 0 aliphatic heterocycles. The first-order valence-electron chi connectivity index (χ1n) is 8.18. The van der Waals surface area contributed by atoms with Crippen LogP contribution in [0.1, 0.15) is 52.0 Å². The molecule has 0 heterocycles. The zero-order valence-electron chi connectivity index (χ0n) is 14.1. The van der Waals surface area contributed by atoms with Gasteiger partial charge in [0, 0.05) is 11.6 Å². The Morgan fingerprint density at radius 1 is 1.36 bits per heavy atom. The molecule has 0 unspecified atom stereocenters. The Bertz CT molecular complexity index is 476. The molecular weight excluding hydrogens is 298 g/mol. The first-order chi connectivity index (χ1) is 10.5. The van der Waals surface area contributed by atoms with E-state index in [4.69, 9.17) is 16.3 Å². The Labute approximate surface area is 139 Å². The second-order valence-electron chi connectivity index (χ2n) is 5.83. The molecule has 0 saturated heterocycles. The average Bonchev–Trinajstić information content (AvgIpc) is 2.49. The number of carbonyl (C=O) groups excluding carboxylic acids is 1. The number of nitrogens with one attached hydrogen (secondary N) is 1. The summed E-state index contributed by atoms with van der Waals surface area (Å²) in [5.41, 5.74) is 0.932. The van der Waals surface area contributed by atoms with Gasteiger partial charge in [0.1, 0.15) is 5.75 Å². The topological polar surface area (TPSA) is 38.3 Å². The number of carbonyl (C=O) groups is 1. The van der Waals surface area contributed by atoms with E-state index in [9.17, 15) is 4.79 Å². The van der Waals surface area contributed by atoms with Gasteiger partial charge >= 0.3 is 0 Å². The van der Waals surface area contributed by atoms with Crippen molar-refractivity contribution in [1.82, 2.24) is 5.32 Å². The van der Waals surface area contributed by atoms with Gasteiger partial charge in [0.2, 0.25) is 0 Å². The van der Waals surface area contributed by atoms with Gasteiger partial charge in [-0.3, -0.25) is 4.79 Å². The number of halogens is 1. The fourth-order valence-electron chi connectivity index (χ4n) is 2.32. The molecule has 0 bridgehead atoms. The zero-order valence-corrected chi connectivity index (χ0v) is 14.9. The first-order valence-corrected chi connectivity index (χ1v) is 8.56. The molecule has 1 aromatic carbocycles. The van der Waals surface area contributed by atoms with Crippen LogP contribution >= 0.6 is 11.6 Å². The van der Waals surface area contributed by atoms with Crippen molar-refractivity contribution in [2.45, 2.75) is 59.5 Å². The van der Waals surface area contributed by atoms with Crippen LogP contribution in [0.3, 0.4) is 0 Å². The van der Waals surface area contributed by atoms with Crippen molar-refractivity contribution in [1.29, 1.82) is 0 Å². The van der Waals surface area contributed by atoms with E-state index in [1.807, 2.05) is 13.0 Å². The molecule has 1 aromatic rings. The molecule has 0 radical (unpaired) electrons. The van der Waals surface area contributed by atoms with E-state index in [1.165, 1.54) is 19.3 Å². The second kappa shape index (κ2) is 9.73. The molecular formula is C18H28ClNO2. The van der Waals surface area contributed by atoms with Gasteiger partial charge in [-0.05, 0) is 49.9 Å². The maximum absolute atomic E-state index is 12.2. The third kappa shape index (κ3) is 6.27. The summed E-state index contributed by atoms with van der Waals surface area (Å²) in [6.07, 6.45) is 4.15. The van der Waals surface area contributed by atoms with Crippen molar-refractivity contribution in [3.8, 4) is 5.75 Å². The molecule has 124 valence electrons. The van der Waals surface area contributed by atoms with Crippen LogP contribution in [0, 0.1) is 12.8 Å². The highest BCUT2D eigenvalue weighted by Gasteiger charge is 2.17. The van der Waals surface area contributed by atoms with Crippen LogP contribution in [0.25, 0.3) is 0 Å². The normalized spacial score (nSPS) is 13.5. The maximum atomic E-state index is 12.2. The number of hydrogen-bond donors (Lipinski definition) is 1. The van der Waals surface area contributed by atoms with E-state index in [1.54, 1.807) is 19.1 Å². The predicted molar refractivity (Wildman–Crippen MR) is 92.6 cm³/mol. The molecule has 22 heavy (non-hydrogen) atoms. The van der Waals surface area contributed by atoms with E-state index in [0.717, 1.165) is 18.5 Å². The molecule has 3 nitrogen and oxygen atoms in total. The highest BCUT2D eigenvalue weighted by molar-refractivity contribution is 6.30. The fraction of sp³-hybridized carbons (Fsp3) is 0.611. The number of aryl methyl sites for hydroxylation is 1. The van der Waals surface area contributed by atoms with Gasteiger partial charge in [-0.25, -0.2) is 0 Å². The van der Waals surface area contributed by atoms with Crippen molar-refractivity contribution >= 4 is 17.5 Å². The summed E-state index contributed by atoms with van der Waals surface area (Å²) in [6, 6.07) is 5.41. The zero-order chi connectivity index (χ0) is 16.5. The number of unbranched alkanes of at least 4 members (excludes halogenated alkanes) is 1. The maximum Gasteiger partial charge on any atom is 0.260 e. The summed E-state index contributed by atoms with van der Waals surface area (Å²) in [6.45, 7) is 8.78. The van der Waals surface area contributed by atoms with E-state index in [-0.39, 0.29) is 5.91 Å². The SMILES string of the molecule is CCCC[C@@H](CC)CNC(=O)[C@H](C)Oc1ccc(Cl)cc1C. The summed E-state index contributed by atoms with van der Waals surface area (Å²) in [7, 11) is 0. The van der Waals surface area contributed by atoms with Crippen molar-refractivity contribution in [2.24, 2.45) is 5.92 Å². The standard InChI is InChI=1S/C18H28ClNO2/c1-5-7-8-15(6-2)12-20-18(21)14(4)22-17-10-9-16(19)11-13(17)3/h9-11,14-15H,5-8,12H2,1-4H3,(H,20,21)/t14-,15+/m0/s1. The van der Waals surface area contributed by atoms with E-state index < -0.39 is 6.10 Å². The summed E-state index contributed by atoms with van der Waals surface area (Å²) < 4.78 is 5.74. The molecule has 2 atom stereocenters. The third-order valence-electron chi connectivity index (χ3n) is 3.92. The summed E-state index contributed by atoms with van der Waals surface area (Å²) in [5, 5.41) is 3.67. The van der Waals surface area contributed by atoms with Crippen molar-refractivity contribution in [3.05, 3.63) is 28.8 Å². The minimum Gasteiger partial charge on any atom is -0.481 e. The molecule has 0 saturated carbocycles. The van der Waals surface area contributed by atoms with Crippen molar-refractivity contribution in [2.75, 3.05) is 6.54 Å². The Morgan fingerprint density at radius 2 is 2.09 bits per heavy atom. The highest BCUT2D eigenvalue weighted by Crippen LogP contribution is 2.22. The number of amides is 1.